The minimum Gasteiger partial charge on any atom is -0.390 e. The summed E-state index contributed by atoms with van der Waals surface area (Å²) in [6.07, 6.45) is 7.71. The van der Waals surface area contributed by atoms with E-state index in [0.717, 1.165) is 51.7 Å². The molecule has 2 heterocycles. The predicted molar refractivity (Wildman–Crippen MR) is 130 cm³/mol. The minimum atomic E-state index is -0.564. The summed E-state index contributed by atoms with van der Waals surface area (Å²) < 4.78 is 13.4. The topological polar surface area (TPSA) is 65.5 Å². The van der Waals surface area contributed by atoms with Crippen molar-refractivity contribution < 1.29 is 14.3 Å². The SMILES string of the molecule is CC(CCCC(C)(C)O)CCN1CCC(NC(=O)c2ccc(-c3cccc(F)c3)nc2)CC1. The molecule has 1 aromatic carbocycles. The minimum absolute atomic E-state index is 0.104. The molecule has 0 aliphatic carbocycles. The van der Waals surface area contributed by atoms with Crippen LogP contribution >= 0.6 is 0 Å². The van der Waals surface area contributed by atoms with E-state index in [9.17, 15) is 14.3 Å². The van der Waals surface area contributed by atoms with Gasteiger partial charge in [-0.1, -0.05) is 31.9 Å². The van der Waals surface area contributed by atoms with E-state index in [1.165, 1.54) is 18.6 Å². The van der Waals surface area contributed by atoms with Crippen LogP contribution in [0.25, 0.3) is 11.3 Å². The maximum absolute atomic E-state index is 13.4. The molecule has 0 radical (unpaired) electrons. The number of nitrogens with zero attached hydrogens (tertiary/aromatic N) is 2. The Morgan fingerprint density at radius 1 is 1.24 bits per heavy atom. The summed E-state index contributed by atoms with van der Waals surface area (Å²) in [5.74, 6) is 0.252. The van der Waals surface area contributed by atoms with Crippen LogP contribution < -0.4 is 5.32 Å². The van der Waals surface area contributed by atoms with E-state index in [0.29, 0.717) is 22.7 Å². The van der Waals surface area contributed by atoms with Gasteiger partial charge in [0.15, 0.2) is 0 Å². The van der Waals surface area contributed by atoms with Gasteiger partial charge in [0.05, 0.1) is 16.9 Å². The molecule has 1 fully saturated rings. The average molecular weight is 456 g/mol. The van der Waals surface area contributed by atoms with Gasteiger partial charge < -0.3 is 15.3 Å². The first-order valence-electron chi connectivity index (χ1n) is 12.2. The standard InChI is InChI=1S/C27H38FN3O2/c1-20(6-5-14-27(2,3)33)11-15-31-16-12-24(13-17-31)30-26(32)22-9-10-25(29-19-22)21-7-4-8-23(28)18-21/h4,7-10,18-20,24,33H,5-6,11-17H2,1-3H3,(H,30,32). The number of aliphatic hydroxyl groups is 1. The summed E-state index contributed by atoms with van der Waals surface area (Å²) in [4.78, 5) is 19.5. The zero-order chi connectivity index (χ0) is 23.8. The molecule has 0 spiro atoms. The molecular formula is C27H38FN3O2. The van der Waals surface area contributed by atoms with Gasteiger partial charge in [-0.15, -0.1) is 0 Å². The number of halogens is 1. The van der Waals surface area contributed by atoms with Gasteiger partial charge in [0.2, 0.25) is 0 Å². The second kappa shape index (κ2) is 11.7. The molecule has 33 heavy (non-hydrogen) atoms. The Hall–Kier alpha value is -2.31. The third-order valence-corrected chi connectivity index (χ3v) is 6.49. The second-order valence-corrected chi connectivity index (χ2v) is 10.1. The Labute approximate surface area is 197 Å². The lowest BCUT2D eigenvalue weighted by atomic mass is 9.94. The maximum atomic E-state index is 13.4. The second-order valence-electron chi connectivity index (χ2n) is 10.1. The largest absolute Gasteiger partial charge is 0.390 e. The first-order chi connectivity index (χ1) is 15.7. The van der Waals surface area contributed by atoms with Gasteiger partial charge >= 0.3 is 0 Å². The van der Waals surface area contributed by atoms with Gasteiger partial charge in [-0.25, -0.2) is 4.39 Å². The fourth-order valence-electron chi connectivity index (χ4n) is 4.35. The van der Waals surface area contributed by atoms with Gasteiger partial charge in [-0.2, -0.15) is 0 Å². The highest BCUT2D eigenvalue weighted by Gasteiger charge is 2.22. The normalized spacial score (nSPS) is 16.5. The van der Waals surface area contributed by atoms with Crippen molar-refractivity contribution in [2.24, 2.45) is 5.92 Å². The van der Waals surface area contributed by atoms with Crippen molar-refractivity contribution in [2.45, 2.75) is 70.9 Å². The first kappa shape index (κ1) is 25.3. The number of nitrogens with one attached hydrogen (secondary N) is 1. The van der Waals surface area contributed by atoms with E-state index in [4.69, 9.17) is 0 Å². The van der Waals surface area contributed by atoms with Gasteiger partial charge in [-0.3, -0.25) is 9.78 Å². The molecule has 0 saturated carbocycles. The summed E-state index contributed by atoms with van der Waals surface area (Å²) in [7, 11) is 0. The van der Waals surface area contributed by atoms with Crippen LogP contribution in [0.1, 0.15) is 69.7 Å². The highest BCUT2D eigenvalue weighted by molar-refractivity contribution is 5.94. The fourth-order valence-corrected chi connectivity index (χ4v) is 4.35. The monoisotopic (exact) mass is 455 g/mol. The van der Waals surface area contributed by atoms with Crippen molar-refractivity contribution in [3.63, 3.8) is 0 Å². The molecule has 1 unspecified atom stereocenters. The fraction of sp³-hybridized carbons (Fsp3) is 0.556. The molecule has 6 heteroatoms. The van der Waals surface area contributed by atoms with Crippen molar-refractivity contribution >= 4 is 5.91 Å². The van der Waals surface area contributed by atoms with Crippen LogP contribution in [-0.4, -0.2) is 52.2 Å². The number of benzene rings is 1. The number of piperidine rings is 1. The molecule has 1 aliphatic rings. The Morgan fingerprint density at radius 2 is 2.00 bits per heavy atom. The van der Waals surface area contributed by atoms with Crippen molar-refractivity contribution in [3.05, 3.63) is 54.0 Å². The maximum Gasteiger partial charge on any atom is 0.253 e. The van der Waals surface area contributed by atoms with E-state index in [1.54, 1.807) is 30.5 Å². The van der Waals surface area contributed by atoms with Crippen molar-refractivity contribution in [1.82, 2.24) is 15.2 Å². The van der Waals surface area contributed by atoms with Gasteiger partial charge in [0.1, 0.15) is 5.82 Å². The lowest BCUT2D eigenvalue weighted by Crippen LogP contribution is -2.45. The van der Waals surface area contributed by atoms with E-state index in [2.05, 4.69) is 22.1 Å². The molecule has 180 valence electrons. The number of rotatable bonds is 10. The molecule has 0 bridgehead atoms. The number of amides is 1. The smallest absolute Gasteiger partial charge is 0.253 e. The predicted octanol–water partition coefficient (Wildman–Crippen LogP) is 5.05. The summed E-state index contributed by atoms with van der Waals surface area (Å²) in [6, 6.07) is 9.98. The highest BCUT2D eigenvalue weighted by atomic mass is 19.1. The highest BCUT2D eigenvalue weighted by Crippen LogP contribution is 2.20. The van der Waals surface area contributed by atoms with Crippen molar-refractivity contribution in [2.75, 3.05) is 19.6 Å². The number of hydrogen-bond acceptors (Lipinski definition) is 4. The molecule has 2 aromatic rings. The lowest BCUT2D eigenvalue weighted by molar-refractivity contribution is 0.0666. The Kier molecular flexibility index (Phi) is 8.98. The molecule has 1 aromatic heterocycles. The van der Waals surface area contributed by atoms with Crippen LogP contribution in [-0.2, 0) is 0 Å². The zero-order valence-electron chi connectivity index (χ0n) is 20.2. The van der Waals surface area contributed by atoms with E-state index < -0.39 is 5.60 Å². The summed E-state index contributed by atoms with van der Waals surface area (Å²) >= 11 is 0. The van der Waals surface area contributed by atoms with Crippen LogP contribution in [0.4, 0.5) is 4.39 Å². The van der Waals surface area contributed by atoms with E-state index in [-0.39, 0.29) is 17.8 Å². The summed E-state index contributed by atoms with van der Waals surface area (Å²) in [5.41, 5.74) is 1.30. The third kappa shape index (κ3) is 8.52. The van der Waals surface area contributed by atoms with Gasteiger partial charge in [-0.05, 0) is 76.3 Å². The van der Waals surface area contributed by atoms with Crippen LogP contribution in [0.2, 0.25) is 0 Å². The van der Waals surface area contributed by atoms with Crippen LogP contribution in [0.5, 0.6) is 0 Å². The molecule has 5 nitrogen and oxygen atoms in total. The van der Waals surface area contributed by atoms with Crippen LogP contribution in [0.3, 0.4) is 0 Å². The number of carbonyl (C=O) groups excluding carboxylic acids is 1. The quantitative estimate of drug-likeness (QED) is 0.526. The van der Waals surface area contributed by atoms with Gasteiger partial charge in [0.25, 0.3) is 5.91 Å². The summed E-state index contributed by atoms with van der Waals surface area (Å²) in [5, 5.41) is 13.0. The van der Waals surface area contributed by atoms with Crippen molar-refractivity contribution in [1.29, 1.82) is 0 Å². The van der Waals surface area contributed by atoms with Crippen molar-refractivity contribution in [3.8, 4) is 11.3 Å². The molecule has 1 saturated heterocycles. The molecule has 1 aliphatic heterocycles. The Bertz CT molecular complexity index is 887. The number of carbonyl (C=O) groups is 1. The van der Waals surface area contributed by atoms with Gasteiger partial charge in [0, 0.05) is 30.9 Å². The van der Waals surface area contributed by atoms with E-state index in [1.807, 2.05) is 13.8 Å². The Morgan fingerprint density at radius 3 is 2.64 bits per heavy atom. The molecular weight excluding hydrogens is 417 g/mol. The number of aromatic nitrogens is 1. The third-order valence-electron chi connectivity index (χ3n) is 6.49. The van der Waals surface area contributed by atoms with Crippen LogP contribution in [0, 0.1) is 11.7 Å². The number of hydrogen-bond donors (Lipinski definition) is 2. The molecule has 3 rings (SSSR count). The summed E-state index contributed by atoms with van der Waals surface area (Å²) in [6.45, 7) is 9.13. The number of likely N-dealkylation sites (tertiary alicyclic amines) is 1. The Balaban J connectivity index is 1.38. The van der Waals surface area contributed by atoms with Crippen LogP contribution in [0.15, 0.2) is 42.6 Å². The first-order valence-corrected chi connectivity index (χ1v) is 12.2. The van der Waals surface area contributed by atoms with E-state index >= 15 is 0 Å². The zero-order valence-corrected chi connectivity index (χ0v) is 20.2. The molecule has 1 amide bonds. The molecule has 2 N–H and O–H groups in total. The lowest BCUT2D eigenvalue weighted by Gasteiger charge is -2.33. The number of pyridine rings is 1. The average Bonchev–Trinajstić information content (AvgIpc) is 2.78. The molecule has 1 atom stereocenters.